The van der Waals surface area contributed by atoms with E-state index in [2.05, 4.69) is 12.2 Å². The quantitative estimate of drug-likeness (QED) is 0.576. The van der Waals surface area contributed by atoms with E-state index in [9.17, 15) is 4.79 Å². The van der Waals surface area contributed by atoms with E-state index in [4.69, 9.17) is 0 Å². The lowest BCUT2D eigenvalue weighted by molar-refractivity contribution is -0.113. The molecule has 0 aliphatic heterocycles. The van der Waals surface area contributed by atoms with Gasteiger partial charge in [-0.25, -0.2) is 0 Å². The maximum atomic E-state index is 10.7. The van der Waals surface area contributed by atoms with Crippen molar-refractivity contribution >= 4 is 5.78 Å². The van der Waals surface area contributed by atoms with Gasteiger partial charge in [0.15, 0.2) is 5.78 Å². The third-order valence-corrected chi connectivity index (χ3v) is 1.03. The van der Waals surface area contributed by atoms with Crippen molar-refractivity contribution in [2.24, 2.45) is 0 Å². The van der Waals surface area contributed by atoms with Gasteiger partial charge in [-0.2, -0.15) is 0 Å². The van der Waals surface area contributed by atoms with Crippen LogP contribution in [0.5, 0.6) is 0 Å². The van der Waals surface area contributed by atoms with Crippen LogP contribution in [-0.4, -0.2) is 19.4 Å². The van der Waals surface area contributed by atoms with Gasteiger partial charge in [0.25, 0.3) is 0 Å². The third-order valence-electron chi connectivity index (χ3n) is 1.03. The fourth-order valence-corrected chi connectivity index (χ4v) is 0.566. The maximum absolute atomic E-state index is 10.7. The molecule has 0 aliphatic carbocycles. The Kier molecular flexibility index (Phi) is 6.08. The molecule has 1 N–H and O–H groups in total. The van der Waals surface area contributed by atoms with Crippen molar-refractivity contribution in [3.05, 3.63) is 19.1 Å². The minimum absolute atomic E-state index is 0.121. The number of ketones is 1. The van der Waals surface area contributed by atoms with E-state index in [0.29, 0.717) is 6.54 Å². The average Bonchev–Trinajstić information content (AvgIpc) is 1.89. The van der Waals surface area contributed by atoms with Gasteiger partial charge in [0, 0.05) is 0 Å². The molecule has 0 amide bonds. The Bertz CT molecular complexity index is 118. The summed E-state index contributed by atoms with van der Waals surface area (Å²) in [6.07, 6.45) is 5.19. The number of carbonyl (C=O) groups is 1. The summed E-state index contributed by atoms with van der Waals surface area (Å²) in [5.74, 6) is 0.121. The predicted octanol–water partition coefficient (Wildman–Crippen LogP) is 0.945. The maximum Gasteiger partial charge on any atom is 0.169 e. The highest BCUT2D eigenvalue weighted by molar-refractivity contribution is 5.91. The van der Waals surface area contributed by atoms with Gasteiger partial charge < -0.3 is 5.32 Å². The van der Waals surface area contributed by atoms with Crippen molar-refractivity contribution in [1.82, 2.24) is 5.32 Å². The van der Waals surface area contributed by atoms with Crippen LogP contribution in [0.3, 0.4) is 0 Å². The van der Waals surface area contributed by atoms with Crippen LogP contribution in [0.25, 0.3) is 0 Å². The van der Waals surface area contributed by atoms with E-state index in [1.54, 1.807) is 13.1 Å². The molecule has 0 bridgehead atoms. The number of nitrogens with one attached hydrogen (secondary N) is 1. The van der Waals surface area contributed by atoms with E-state index in [1.165, 1.54) is 0 Å². The summed E-state index contributed by atoms with van der Waals surface area (Å²) in [4.78, 5) is 10.7. The Morgan fingerprint density at radius 2 is 2.40 bits per heavy atom. The first-order valence-corrected chi connectivity index (χ1v) is 3.44. The Morgan fingerprint density at radius 3 is 2.90 bits per heavy atom. The van der Waals surface area contributed by atoms with Crippen LogP contribution in [-0.2, 0) is 4.79 Å². The van der Waals surface area contributed by atoms with E-state index in [0.717, 1.165) is 12.8 Å². The lowest BCUT2D eigenvalue weighted by atomic mass is 10.3. The van der Waals surface area contributed by atoms with Crippen LogP contribution in [0.1, 0.15) is 12.8 Å². The van der Waals surface area contributed by atoms with Gasteiger partial charge in [-0.05, 0) is 26.0 Å². The monoisotopic (exact) mass is 140 g/mol. The van der Waals surface area contributed by atoms with Gasteiger partial charge in [-0.3, -0.25) is 4.79 Å². The lowest BCUT2D eigenvalue weighted by Crippen LogP contribution is -2.16. The number of carbonyl (C=O) groups excluding carboxylic acids is 1. The summed E-state index contributed by atoms with van der Waals surface area (Å²) in [5, 5.41) is 2.78. The van der Waals surface area contributed by atoms with Crippen molar-refractivity contribution in [2.75, 3.05) is 13.6 Å². The van der Waals surface area contributed by atoms with E-state index >= 15 is 0 Å². The molecule has 0 spiro atoms. The van der Waals surface area contributed by atoms with Gasteiger partial charge in [-0.1, -0.05) is 13.0 Å². The number of hydrogen-bond acceptors (Lipinski definition) is 2. The second-order valence-corrected chi connectivity index (χ2v) is 2.04. The molecular weight excluding hydrogens is 126 g/mol. The number of likely N-dealkylation sites (N-methyl/N-ethyl adjacent to an activating group) is 1. The molecule has 2 nitrogen and oxygen atoms in total. The zero-order valence-corrected chi connectivity index (χ0v) is 6.39. The fraction of sp³-hybridized carbons (Fsp3) is 0.500. The van der Waals surface area contributed by atoms with Gasteiger partial charge >= 0.3 is 0 Å². The van der Waals surface area contributed by atoms with Gasteiger partial charge in [-0.15, -0.1) is 0 Å². The van der Waals surface area contributed by atoms with Crippen molar-refractivity contribution in [2.45, 2.75) is 12.8 Å². The fourth-order valence-electron chi connectivity index (χ4n) is 0.566. The van der Waals surface area contributed by atoms with Crippen molar-refractivity contribution in [3.63, 3.8) is 0 Å². The SMILES string of the molecule is [CH2]CCC=CC(=O)CNC. The van der Waals surface area contributed by atoms with E-state index in [-0.39, 0.29) is 5.78 Å². The molecule has 2 heteroatoms. The Balaban J connectivity index is 3.36. The minimum atomic E-state index is 0.121. The summed E-state index contributed by atoms with van der Waals surface area (Å²) >= 11 is 0. The van der Waals surface area contributed by atoms with Crippen molar-refractivity contribution < 1.29 is 4.79 Å². The molecule has 57 valence electrons. The Labute approximate surface area is 62.3 Å². The first kappa shape index (κ1) is 9.37. The van der Waals surface area contributed by atoms with E-state index in [1.807, 2.05) is 6.08 Å². The third kappa shape index (κ3) is 5.51. The average molecular weight is 140 g/mol. The van der Waals surface area contributed by atoms with Gasteiger partial charge in [0.05, 0.1) is 6.54 Å². The predicted molar refractivity (Wildman–Crippen MR) is 42.7 cm³/mol. The van der Waals surface area contributed by atoms with Crippen LogP contribution in [0.15, 0.2) is 12.2 Å². The van der Waals surface area contributed by atoms with Crippen LogP contribution in [0.4, 0.5) is 0 Å². The summed E-state index contributed by atoms with van der Waals surface area (Å²) in [7, 11) is 1.76. The molecule has 0 rings (SSSR count). The number of allylic oxidation sites excluding steroid dienone is 1. The summed E-state index contributed by atoms with van der Waals surface area (Å²) in [5.41, 5.74) is 0. The topological polar surface area (TPSA) is 29.1 Å². The van der Waals surface area contributed by atoms with E-state index < -0.39 is 0 Å². The molecule has 0 aromatic heterocycles. The first-order valence-electron chi connectivity index (χ1n) is 3.44. The molecular formula is C8H14NO. The molecule has 0 aromatic carbocycles. The normalized spacial score (nSPS) is 10.6. The first-order chi connectivity index (χ1) is 4.81. The van der Waals surface area contributed by atoms with Crippen LogP contribution in [0.2, 0.25) is 0 Å². The van der Waals surface area contributed by atoms with Crippen molar-refractivity contribution in [1.29, 1.82) is 0 Å². The summed E-state index contributed by atoms with van der Waals surface area (Å²) in [6.45, 7) is 4.07. The highest BCUT2D eigenvalue weighted by Gasteiger charge is 1.89. The number of hydrogen-bond donors (Lipinski definition) is 1. The largest absolute Gasteiger partial charge is 0.313 e. The zero-order chi connectivity index (χ0) is 7.82. The molecule has 0 aliphatic rings. The minimum Gasteiger partial charge on any atom is -0.313 e. The lowest BCUT2D eigenvalue weighted by Gasteiger charge is -1.90. The standard InChI is InChI=1S/C8H14NO/c1-3-4-5-6-8(10)7-9-2/h5-6,9H,1,3-4,7H2,2H3. The molecule has 1 radical (unpaired) electrons. The van der Waals surface area contributed by atoms with Gasteiger partial charge in [0.2, 0.25) is 0 Å². The molecule has 0 saturated carbocycles. The Morgan fingerprint density at radius 1 is 1.70 bits per heavy atom. The molecule has 0 saturated heterocycles. The highest BCUT2D eigenvalue weighted by atomic mass is 16.1. The second kappa shape index (κ2) is 6.49. The highest BCUT2D eigenvalue weighted by Crippen LogP contribution is 1.87. The second-order valence-electron chi connectivity index (χ2n) is 2.04. The van der Waals surface area contributed by atoms with Crippen LogP contribution in [0, 0.1) is 6.92 Å². The smallest absolute Gasteiger partial charge is 0.169 e. The number of unbranched alkanes of at least 4 members (excludes halogenated alkanes) is 1. The van der Waals surface area contributed by atoms with Crippen LogP contribution < -0.4 is 5.32 Å². The summed E-state index contributed by atoms with van der Waals surface area (Å²) in [6, 6.07) is 0. The molecule has 0 unspecified atom stereocenters. The Hall–Kier alpha value is -0.630. The molecule has 0 heterocycles. The van der Waals surface area contributed by atoms with Crippen molar-refractivity contribution in [3.8, 4) is 0 Å². The van der Waals surface area contributed by atoms with Gasteiger partial charge in [0.1, 0.15) is 0 Å². The number of rotatable bonds is 5. The molecule has 0 aromatic rings. The molecule has 0 fully saturated rings. The summed E-state index contributed by atoms with van der Waals surface area (Å²) < 4.78 is 0. The molecule has 10 heavy (non-hydrogen) atoms. The van der Waals surface area contributed by atoms with Crippen LogP contribution >= 0.6 is 0 Å². The zero-order valence-electron chi connectivity index (χ0n) is 6.39. The molecule has 0 atom stereocenters.